The van der Waals surface area contributed by atoms with E-state index in [0.717, 1.165) is 21.8 Å². The molecule has 6 heteroatoms. The lowest BCUT2D eigenvalue weighted by Crippen LogP contribution is -2.22. The van der Waals surface area contributed by atoms with Crippen molar-refractivity contribution < 1.29 is 4.79 Å². The molecule has 106 valence electrons. The minimum Gasteiger partial charge on any atom is -0.356 e. The highest BCUT2D eigenvalue weighted by atomic mass is 35.5. The van der Waals surface area contributed by atoms with E-state index in [9.17, 15) is 4.79 Å². The second-order valence-corrected chi connectivity index (χ2v) is 5.15. The Hall–Kier alpha value is -1.88. The lowest BCUT2D eigenvalue weighted by molar-refractivity contribution is -0.118. The molecule has 20 heavy (non-hydrogen) atoms. The number of carbonyl (C=O) groups is 1. The van der Waals surface area contributed by atoms with Crippen LogP contribution < -0.4 is 5.32 Å². The normalized spacial score (nSPS) is 10.6. The Kier molecular flexibility index (Phi) is 4.74. The SMILES string of the molecule is CC(=O)NCCc1cn(Cc2ccc(Cl)cc2C)nn1. The van der Waals surface area contributed by atoms with E-state index < -0.39 is 0 Å². The molecule has 1 aromatic heterocycles. The molecule has 0 radical (unpaired) electrons. The number of aromatic nitrogens is 3. The van der Waals surface area contributed by atoms with E-state index in [0.29, 0.717) is 19.5 Å². The van der Waals surface area contributed by atoms with Crippen molar-refractivity contribution >= 4 is 17.5 Å². The Morgan fingerprint density at radius 3 is 2.95 bits per heavy atom. The molecule has 0 aliphatic carbocycles. The minimum absolute atomic E-state index is 0.0332. The molecule has 1 heterocycles. The topological polar surface area (TPSA) is 59.8 Å². The first-order chi connectivity index (χ1) is 9.54. The van der Waals surface area contributed by atoms with Crippen LogP contribution in [0, 0.1) is 6.92 Å². The summed E-state index contributed by atoms with van der Waals surface area (Å²) in [5.74, 6) is -0.0332. The van der Waals surface area contributed by atoms with Crippen LogP contribution in [0.4, 0.5) is 0 Å². The molecular weight excluding hydrogens is 276 g/mol. The number of nitrogens with zero attached hydrogens (tertiary/aromatic N) is 3. The molecule has 0 fully saturated rings. The number of aryl methyl sites for hydroxylation is 1. The van der Waals surface area contributed by atoms with E-state index >= 15 is 0 Å². The molecular formula is C14H17ClN4O. The zero-order valence-corrected chi connectivity index (χ0v) is 12.3. The maximum absolute atomic E-state index is 10.8. The summed E-state index contributed by atoms with van der Waals surface area (Å²) < 4.78 is 1.79. The standard InChI is InChI=1S/C14H17ClN4O/c1-10-7-13(15)4-3-12(10)8-19-9-14(17-18-19)5-6-16-11(2)20/h3-4,7,9H,5-6,8H2,1-2H3,(H,16,20). The molecule has 2 rings (SSSR count). The van der Waals surface area contributed by atoms with Crippen LogP contribution in [0.1, 0.15) is 23.7 Å². The summed E-state index contributed by atoms with van der Waals surface area (Å²) >= 11 is 5.94. The fourth-order valence-corrected chi connectivity index (χ4v) is 2.13. The third kappa shape index (κ3) is 4.06. The summed E-state index contributed by atoms with van der Waals surface area (Å²) in [6.07, 6.45) is 2.58. The lowest BCUT2D eigenvalue weighted by Gasteiger charge is -2.05. The van der Waals surface area contributed by atoms with E-state index in [2.05, 4.69) is 15.6 Å². The number of amides is 1. The fourth-order valence-electron chi connectivity index (χ4n) is 1.91. The van der Waals surface area contributed by atoms with Gasteiger partial charge in [-0.05, 0) is 30.2 Å². The predicted molar refractivity (Wildman–Crippen MR) is 77.7 cm³/mol. The van der Waals surface area contributed by atoms with Crippen molar-refractivity contribution in [3.05, 3.63) is 46.2 Å². The van der Waals surface area contributed by atoms with Crippen molar-refractivity contribution in [2.75, 3.05) is 6.54 Å². The maximum atomic E-state index is 10.8. The first-order valence-corrected chi connectivity index (χ1v) is 6.81. The molecule has 0 aliphatic heterocycles. The average molecular weight is 293 g/mol. The minimum atomic E-state index is -0.0332. The molecule has 0 bridgehead atoms. The van der Waals surface area contributed by atoms with E-state index in [1.807, 2.05) is 31.3 Å². The predicted octanol–water partition coefficient (Wildman–Crippen LogP) is 1.97. The van der Waals surface area contributed by atoms with Gasteiger partial charge in [0.05, 0.1) is 12.2 Å². The zero-order valence-electron chi connectivity index (χ0n) is 11.6. The second-order valence-electron chi connectivity index (χ2n) is 4.71. The summed E-state index contributed by atoms with van der Waals surface area (Å²) in [5, 5.41) is 11.7. The van der Waals surface area contributed by atoms with Crippen molar-refractivity contribution in [3.63, 3.8) is 0 Å². The van der Waals surface area contributed by atoms with Gasteiger partial charge in [0.1, 0.15) is 0 Å². The van der Waals surface area contributed by atoms with Gasteiger partial charge >= 0.3 is 0 Å². The third-order valence-electron chi connectivity index (χ3n) is 2.98. The Labute approximate surface area is 122 Å². The molecule has 1 N–H and O–H groups in total. The van der Waals surface area contributed by atoms with E-state index in [1.165, 1.54) is 6.92 Å². The Morgan fingerprint density at radius 2 is 2.25 bits per heavy atom. The number of nitrogens with one attached hydrogen (secondary N) is 1. The van der Waals surface area contributed by atoms with Gasteiger partial charge in [0.25, 0.3) is 0 Å². The van der Waals surface area contributed by atoms with Crippen LogP contribution in [-0.2, 0) is 17.8 Å². The molecule has 0 saturated carbocycles. The van der Waals surface area contributed by atoms with E-state index in [4.69, 9.17) is 11.6 Å². The zero-order chi connectivity index (χ0) is 14.5. The molecule has 0 atom stereocenters. The summed E-state index contributed by atoms with van der Waals surface area (Å²) in [6, 6.07) is 5.81. The number of carbonyl (C=O) groups excluding carboxylic acids is 1. The van der Waals surface area contributed by atoms with Crippen molar-refractivity contribution in [2.24, 2.45) is 0 Å². The fraction of sp³-hybridized carbons (Fsp3) is 0.357. The van der Waals surface area contributed by atoms with E-state index in [-0.39, 0.29) is 5.91 Å². The van der Waals surface area contributed by atoms with Gasteiger partial charge in [-0.15, -0.1) is 5.10 Å². The van der Waals surface area contributed by atoms with Crippen molar-refractivity contribution in [3.8, 4) is 0 Å². The van der Waals surface area contributed by atoms with Crippen molar-refractivity contribution in [1.29, 1.82) is 0 Å². The lowest BCUT2D eigenvalue weighted by atomic mass is 10.1. The van der Waals surface area contributed by atoms with Crippen LogP contribution in [-0.4, -0.2) is 27.4 Å². The number of benzene rings is 1. The van der Waals surface area contributed by atoms with Crippen LogP contribution in [0.3, 0.4) is 0 Å². The number of hydrogen-bond acceptors (Lipinski definition) is 3. The van der Waals surface area contributed by atoms with Crippen LogP contribution in [0.5, 0.6) is 0 Å². The monoisotopic (exact) mass is 292 g/mol. The molecule has 0 saturated heterocycles. The highest BCUT2D eigenvalue weighted by Gasteiger charge is 2.04. The number of halogens is 1. The molecule has 5 nitrogen and oxygen atoms in total. The van der Waals surface area contributed by atoms with E-state index in [1.54, 1.807) is 4.68 Å². The van der Waals surface area contributed by atoms with Crippen molar-refractivity contribution in [1.82, 2.24) is 20.3 Å². The van der Waals surface area contributed by atoms with Gasteiger partial charge in [0, 0.05) is 31.1 Å². The largest absolute Gasteiger partial charge is 0.356 e. The van der Waals surface area contributed by atoms with Crippen LogP contribution >= 0.6 is 11.6 Å². The quantitative estimate of drug-likeness (QED) is 0.916. The van der Waals surface area contributed by atoms with Crippen LogP contribution in [0.2, 0.25) is 5.02 Å². The summed E-state index contributed by atoms with van der Waals surface area (Å²) in [4.78, 5) is 10.8. The van der Waals surface area contributed by atoms with Gasteiger partial charge in [-0.3, -0.25) is 4.79 Å². The first kappa shape index (κ1) is 14.5. The third-order valence-corrected chi connectivity index (χ3v) is 3.21. The van der Waals surface area contributed by atoms with Gasteiger partial charge in [-0.1, -0.05) is 22.9 Å². The Bertz CT molecular complexity index is 609. The Morgan fingerprint density at radius 1 is 1.45 bits per heavy atom. The molecule has 1 amide bonds. The van der Waals surface area contributed by atoms with Gasteiger partial charge in [-0.25, -0.2) is 4.68 Å². The number of hydrogen-bond donors (Lipinski definition) is 1. The van der Waals surface area contributed by atoms with Crippen molar-refractivity contribution in [2.45, 2.75) is 26.8 Å². The van der Waals surface area contributed by atoms with Gasteiger partial charge in [0.2, 0.25) is 5.91 Å². The molecule has 0 aliphatic rings. The highest BCUT2D eigenvalue weighted by molar-refractivity contribution is 6.30. The second kappa shape index (κ2) is 6.52. The molecule has 0 spiro atoms. The molecule has 1 aromatic carbocycles. The summed E-state index contributed by atoms with van der Waals surface area (Å²) in [7, 11) is 0. The highest BCUT2D eigenvalue weighted by Crippen LogP contribution is 2.16. The molecule has 2 aromatic rings. The summed E-state index contributed by atoms with van der Waals surface area (Å²) in [5.41, 5.74) is 3.16. The van der Waals surface area contributed by atoms with Crippen LogP contribution in [0.25, 0.3) is 0 Å². The van der Waals surface area contributed by atoms with Gasteiger partial charge < -0.3 is 5.32 Å². The van der Waals surface area contributed by atoms with Gasteiger partial charge in [0.15, 0.2) is 0 Å². The average Bonchev–Trinajstić information content (AvgIpc) is 2.80. The first-order valence-electron chi connectivity index (χ1n) is 6.43. The number of rotatable bonds is 5. The van der Waals surface area contributed by atoms with Crippen LogP contribution in [0.15, 0.2) is 24.4 Å². The maximum Gasteiger partial charge on any atom is 0.216 e. The smallest absolute Gasteiger partial charge is 0.216 e. The Balaban J connectivity index is 1.97. The summed E-state index contributed by atoms with van der Waals surface area (Å²) in [6.45, 7) is 4.76. The van der Waals surface area contributed by atoms with Gasteiger partial charge in [-0.2, -0.15) is 0 Å². The molecule has 0 unspecified atom stereocenters.